The van der Waals surface area contributed by atoms with E-state index in [2.05, 4.69) is 9.88 Å². The standard InChI is InChI=1S/C18H20N4O4S/c23-18-22(13-14-26-18)15-4-6-16(7-5-15)27(24,25)21-11-9-20(10-12-21)17-3-1-2-8-19-17/h1-8H,9-14H2. The van der Waals surface area contributed by atoms with Gasteiger partial charge in [-0.1, -0.05) is 6.07 Å². The molecule has 0 aliphatic carbocycles. The van der Waals surface area contributed by atoms with Gasteiger partial charge in [0.05, 0.1) is 11.4 Å². The number of pyridine rings is 1. The van der Waals surface area contributed by atoms with Crippen LogP contribution in [0.5, 0.6) is 0 Å². The highest BCUT2D eigenvalue weighted by Gasteiger charge is 2.29. The molecule has 2 saturated heterocycles. The normalized spacial score (nSPS) is 18.6. The Morgan fingerprint density at radius 2 is 1.67 bits per heavy atom. The number of hydrogen-bond donors (Lipinski definition) is 0. The molecule has 0 unspecified atom stereocenters. The average Bonchev–Trinajstić information content (AvgIpc) is 3.15. The SMILES string of the molecule is O=C1OCCN1c1ccc(S(=O)(=O)N2CCN(c3ccccn3)CC2)cc1. The van der Waals surface area contributed by atoms with Gasteiger partial charge >= 0.3 is 6.09 Å². The smallest absolute Gasteiger partial charge is 0.414 e. The quantitative estimate of drug-likeness (QED) is 0.790. The summed E-state index contributed by atoms with van der Waals surface area (Å²) in [5.41, 5.74) is 0.636. The van der Waals surface area contributed by atoms with Gasteiger partial charge in [0.1, 0.15) is 12.4 Å². The van der Waals surface area contributed by atoms with Gasteiger partial charge in [0.15, 0.2) is 0 Å². The van der Waals surface area contributed by atoms with Crippen LogP contribution >= 0.6 is 0 Å². The van der Waals surface area contributed by atoms with Crippen molar-refractivity contribution in [1.82, 2.24) is 9.29 Å². The minimum atomic E-state index is -3.57. The fraction of sp³-hybridized carbons (Fsp3) is 0.333. The van der Waals surface area contributed by atoms with Crippen molar-refractivity contribution in [2.45, 2.75) is 4.90 Å². The van der Waals surface area contributed by atoms with Gasteiger partial charge in [-0.05, 0) is 36.4 Å². The van der Waals surface area contributed by atoms with E-state index in [9.17, 15) is 13.2 Å². The minimum Gasteiger partial charge on any atom is -0.447 e. The molecule has 2 aromatic rings. The fourth-order valence-corrected chi connectivity index (χ4v) is 4.70. The molecule has 3 heterocycles. The van der Waals surface area contributed by atoms with Gasteiger partial charge < -0.3 is 9.64 Å². The average molecular weight is 388 g/mol. The lowest BCUT2D eigenvalue weighted by atomic mass is 10.3. The molecular formula is C18H20N4O4S. The molecule has 27 heavy (non-hydrogen) atoms. The van der Waals surface area contributed by atoms with E-state index >= 15 is 0 Å². The summed E-state index contributed by atoms with van der Waals surface area (Å²) in [5.74, 6) is 0.858. The lowest BCUT2D eigenvalue weighted by Gasteiger charge is -2.34. The lowest BCUT2D eigenvalue weighted by molar-refractivity contribution is 0.181. The molecular weight excluding hydrogens is 368 g/mol. The molecule has 0 radical (unpaired) electrons. The van der Waals surface area contributed by atoms with Crippen LogP contribution in [0.1, 0.15) is 0 Å². The van der Waals surface area contributed by atoms with E-state index in [4.69, 9.17) is 4.74 Å². The largest absolute Gasteiger partial charge is 0.447 e. The maximum atomic E-state index is 12.9. The van der Waals surface area contributed by atoms with E-state index in [1.807, 2.05) is 18.2 Å². The zero-order chi connectivity index (χ0) is 18.9. The van der Waals surface area contributed by atoms with Crippen LogP contribution in [0, 0.1) is 0 Å². The Hall–Kier alpha value is -2.65. The first kappa shape index (κ1) is 17.7. The van der Waals surface area contributed by atoms with Crippen LogP contribution in [0.4, 0.5) is 16.3 Å². The molecule has 8 nitrogen and oxygen atoms in total. The van der Waals surface area contributed by atoms with Gasteiger partial charge in [0.25, 0.3) is 0 Å². The van der Waals surface area contributed by atoms with Gasteiger partial charge in [0, 0.05) is 38.1 Å². The number of ether oxygens (including phenoxy) is 1. The Balaban J connectivity index is 1.45. The van der Waals surface area contributed by atoms with Crippen LogP contribution in [0.25, 0.3) is 0 Å². The number of piperazine rings is 1. The molecule has 0 N–H and O–H groups in total. The summed E-state index contributed by atoms with van der Waals surface area (Å²) < 4.78 is 32.2. The zero-order valence-corrected chi connectivity index (χ0v) is 15.5. The second kappa shape index (κ2) is 7.16. The van der Waals surface area contributed by atoms with Crippen molar-refractivity contribution in [3.63, 3.8) is 0 Å². The fourth-order valence-electron chi connectivity index (χ4n) is 3.27. The Kier molecular flexibility index (Phi) is 4.71. The predicted molar refractivity (Wildman–Crippen MR) is 100 cm³/mol. The van der Waals surface area contributed by atoms with Crippen LogP contribution in [0.15, 0.2) is 53.6 Å². The first-order valence-electron chi connectivity index (χ1n) is 8.76. The molecule has 9 heteroatoms. The number of sulfonamides is 1. The molecule has 0 atom stereocenters. The van der Waals surface area contributed by atoms with Crippen molar-refractivity contribution in [3.8, 4) is 0 Å². The van der Waals surface area contributed by atoms with E-state index in [1.54, 1.807) is 30.5 Å². The van der Waals surface area contributed by atoms with E-state index < -0.39 is 16.1 Å². The van der Waals surface area contributed by atoms with Crippen molar-refractivity contribution in [1.29, 1.82) is 0 Å². The molecule has 0 bridgehead atoms. The molecule has 0 saturated carbocycles. The van der Waals surface area contributed by atoms with E-state index in [0.717, 1.165) is 5.82 Å². The monoisotopic (exact) mass is 388 g/mol. The number of carbonyl (C=O) groups excluding carboxylic acids is 1. The maximum absolute atomic E-state index is 12.9. The van der Waals surface area contributed by atoms with Crippen LogP contribution in [-0.2, 0) is 14.8 Å². The molecule has 2 aliphatic heterocycles. The summed E-state index contributed by atoms with van der Waals surface area (Å²) in [6, 6.07) is 12.1. The molecule has 0 spiro atoms. The second-order valence-corrected chi connectivity index (χ2v) is 8.28. The molecule has 1 amide bonds. The third-order valence-corrected chi connectivity index (χ3v) is 6.67. The van der Waals surface area contributed by atoms with Crippen molar-refractivity contribution in [3.05, 3.63) is 48.7 Å². The Bertz CT molecular complexity index is 910. The maximum Gasteiger partial charge on any atom is 0.414 e. The minimum absolute atomic E-state index is 0.227. The summed E-state index contributed by atoms with van der Waals surface area (Å²) in [7, 11) is -3.57. The lowest BCUT2D eigenvalue weighted by Crippen LogP contribution is -2.48. The van der Waals surface area contributed by atoms with Gasteiger partial charge in [-0.3, -0.25) is 4.90 Å². The van der Waals surface area contributed by atoms with Gasteiger partial charge in [-0.2, -0.15) is 4.31 Å². The summed E-state index contributed by atoms with van der Waals surface area (Å²) in [6.07, 6.45) is 1.33. The molecule has 1 aromatic heterocycles. The number of nitrogens with zero attached hydrogens (tertiary/aromatic N) is 4. The van der Waals surface area contributed by atoms with E-state index in [-0.39, 0.29) is 4.90 Å². The summed E-state index contributed by atoms with van der Waals surface area (Å²) in [4.78, 5) is 19.7. The Labute approximate surface area is 158 Å². The first-order valence-corrected chi connectivity index (χ1v) is 10.2. The molecule has 1 aromatic carbocycles. The van der Waals surface area contributed by atoms with Crippen molar-refractivity contribution >= 4 is 27.6 Å². The number of benzene rings is 1. The highest BCUT2D eigenvalue weighted by Crippen LogP contribution is 2.24. The number of rotatable bonds is 4. The third-order valence-electron chi connectivity index (χ3n) is 4.76. The number of aromatic nitrogens is 1. The van der Waals surface area contributed by atoms with Crippen molar-refractivity contribution in [2.24, 2.45) is 0 Å². The Morgan fingerprint density at radius 1 is 0.926 bits per heavy atom. The van der Waals surface area contributed by atoms with Crippen molar-refractivity contribution < 1.29 is 17.9 Å². The van der Waals surface area contributed by atoms with Crippen molar-refractivity contribution in [2.75, 3.05) is 49.1 Å². The van der Waals surface area contributed by atoms with Gasteiger partial charge in [-0.15, -0.1) is 0 Å². The summed E-state index contributed by atoms with van der Waals surface area (Å²) >= 11 is 0. The number of cyclic esters (lactones) is 1. The second-order valence-electron chi connectivity index (χ2n) is 6.34. The number of amides is 1. The topological polar surface area (TPSA) is 83.0 Å². The summed E-state index contributed by atoms with van der Waals surface area (Å²) in [6.45, 7) is 2.81. The van der Waals surface area contributed by atoms with E-state index in [1.165, 1.54) is 9.21 Å². The van der Waals surface area contributed by atoms with Crippen LogP contribution in [0.3, 0.4) is 0 Å². The summed E-state index contributed by atoms with van der Waals surface area (Å²) in [5, 5.41) is 0. The van der Waals surface area contributed by atoms with Crippen LogP contribution in [0.2, 0.25) is 0 Å². The third kappa shape index (κ3) is 3.47. The molecule has 4 rings (SSSR count). The highest BCUT2D eigenvalue weighted by molar-refractivity contribution is 7.89. The Morgan fingerprint density at radius 3 is 2.26 bits per heavy atom. The predicted octanol–water partition coefficient (Wildman–Crippen LogP) is 1.55. The highest BCUT2D eigenvalue weighted by atomic mass is 32.2. The number of anilines is 2. The zero-order valence-electron chi connectivity index (χ0n) is 14.7. The van der Waals surface area contributed by atoms with Gasteiger partial charge in [0.2, 0.25) is 10.0 Å². The first-order chi connectivity index (χ1) is 13.1. The molecule has 142 valence electrons. The number of hydrogen-bond acceptors (Lipinski definition) is 6. The van der Waals surface area contributed by atoms with Crippen LogP contribution in [-0.4, -0.2) is 63.1 Å². The van der Waals surface area contributed by atoms with E-state index in [0.29, 0.717) is 45.0 Å². The number of carbonyl (C=O) groups is 1. The van der Waals surface area contributed by atoms with Crippen LogP contribution < -0.4 is 9.80 Å². The molecule has 2 aliphatic rings. The van der Waals surface area contributed by atoms with Gasteiger partial charge in [-0.25, -0.2) is 18.2 Å². The molecule has 2 fully saturated rings.